The number of aromatic nitrogens is 2. The van der Waals surface area contributed by atoms with E-state index in [1.807, 2.05) is 18.2 Å². The average molecular weight is 502 g/mol. The third-order valence-electron chi connectivity index (χ3n) is 6.33. The molecule has 4 aromatic rings. The predicted octanol–water partition coefficient (Wildman–Crippen LogP) is 6.06. The fourth-order valence-corrected chi connectivity index (χ4v) is 5.34. The number of aliphatic hydroxyl groups is 1. The van der Waals surface area contributed by atoms with Crippen LogP contribution in [0.4, 0.5) is 9.52 Å². The van der Waals surface area contributed by atoms with Gasteiger partial charge >= 0.3 is 5.91 Å². The number of rotatable bonds is 3. The maximum atomic E-state index is 13.9. The standard InChI is InChI=1S/C28H24FN3O3S/c1-15-12-16(7-9-19(15)29)24(33)22-23(17-6-5-11-30-14-17)32(26(35)25(22)34)27-31-20-10-8-18(28(2,3)4)13-21(20)36-27/h5-14,23,33H,1-4H3/b24-22+. The van der Waals surface area contributed by atoms with Crippen LogP contribution in [0.1, 0.15) is 49.1 Å². The number of amides is 1. The maximum absolute atomic E-state index is 13.9. The number of anilines is 1. The van der Waals surface area contributed by atoms with Crippen LogP contribution in [0.5, 0.6) is 0 Å². The van der Waals surface area contributed by atoms with Crippen molar-refractivity contribution in [2.45, 2.75) is 39.2 Å². The summed E-state index contributed by atoms with van der Waals surface area (Å²) < 4.78 is 14.8. The first-order valence-electron chi connectivity index (χ1n) is 11.4. The largest absolute Gasteiger partial charge is 0.507 e. The molecule has 1 N–H and O–H groups in total. The number of fused-ring (bicyclic) bond motifs is 1. The van der Waals surface area contributed by atoms with Crippen LogP contribution in [0.3, 0.4) is 0 Å². The highest BCUT2D eigenvalue weighted by Crippen LogP contribution is 2.44. The van der Waals surface area contributed by atoms with Crippen molar-refractivity contribution in [2.24, 2.45) is 0 Å². The van der Waals surface area contributed by atoms with Gasteiger partial charge in [-0.3, -0.25) is 19.5 Å². The third-order valence-corrected chi connectivity index (χ3v) is 7.34. The number of carbonyl (C=O) groups excluding carboxylic acids is 2. The van der Waals surface area contributed by atoms with Gasteiger partial charge < -0.3 is 5.11 Å². The molecule has 1 atom stereocenters. The Balaban J connectivity index is 1.70. The molecule has 0 bridgehead atoms. The van der Waals surface area contributed by atoms with Gasteiger partial charge in [0.15, 0.2) is 5.13 Å². The number of nitrogens with zero attached hydrogens (tertiary/aromatic N) is 3. The second kappa shape index (κ2) is 8.64. The first kappa shape index (κ1) is 23.8. The van der Waals surface area contributed by atoms with Gasteiger partial charge in [0.1, 0.15) is 11.6 Å². The average Bonchev–Trinajstić information content (AvgIpc) is 3.38. The Bertz CT molecular complexity index is 1550. The van der Waals surface area contributed by atoms with Crippen molar-refractivity contribution in [3.8, 4) is 0 Å². The van der Waals surface area contributed by atoms with Crippen LogP contribution >= 0.6 is 11.3 Å². The van der Waals surface area contributed by atoms with Crippen molar-refractivity contribution in [1.29, 1.82) is 0 Å². The molecule has 1 fully saturated rings. The second-order valence-corrected chi connectivity index (χ2v) is 10.9. The summed E-state index contributed by atoms with van der Waals surface area (Å²) >= 11 is 1.31. The minimum atomic E-state index is -0.938. The zero-order chi connectivity index (χ0) is 25.8. The molecule has 3 heterocycles. The molecular formula is C28H24FN3O3S. The molecule has 1 aliphatic heterocycles. The molecule has 0 saturated carbocycles. The van der Waals surface area contributed by atoms with E-state index in [0.717, 1.165) is 10.3 Å². The van der Waals surface area contributed by atoms with Crippen molar-refractivity contribution >= 4 is 44.1 Å². The number of aliphatic hydroxyl groups excluding tert-OH is 1. The highest BCUT2D eigenvalue weighted by Gasteiger charge is 2.48. The molecule has 182 valence electrons. The molecule has 5 rings (SSSR count). The van der Waals surface area contributed by atoms with E-state index in [9.17, 15) is 19.1 Å². The number of aryl methyl sites for hydroxylation is 1. The van der Waals surface area contributed by atoms with Crippen molar-refractivity contribution in [2.75, 3.05) is 4.90 Å². The Morgan fingerprint density at radius 3 is 2.56 bits per heavy atom. The molecule has 0 radical (unpaired) electrons. The lowest BCUT2D eigenvalue weighted by molar-refractivity contribution is -0.132. The highest BCUT2D eigenvalue weighted by atomic mass is 32.1. The van der Waals surface area contributed by atoms with Gasteiger partial charge in [-0.1, -0.05) is 44.2 Å². The normalized spacial score (nSPS) is 17.8. The van der Waals surface area contributed by atoms with Gasteiger partial charge in [0.2, 0.25) is 0 Å². The molecule has 2 aromatic carbocycles. The van der Waals surface area contributed by atoms with E-state index in [0.29, 0.717) is 21.8 Å². The number of hydrogen-bond acceptors (Lipinski definition) is 6. The summed E-state index contributed by atoms with van der Waals surface area (Å²) in [6.45, 7) is 7.92. The van der Waals surface area contributed by atoms with Crippen molar-refractivity contribution in [1.82, 2.24) is 9.97 Å². The Labute approximate surface area is 211 Å². The molecule has 6 nitrogen and oxygen atoms in total. The smallest absolute Gasteiger partial charge is 0.301 e. The van der Waals surface area contributed by atoms with Crippen molar-refractivity contribution < 1.29 is 19.1 Å². The van der Waals surface area contributed by atoms with E-state index in [1.165, 1.54) is 34.4 Å². The number of benzene rings is 2. The lowest BCUT2D eigenvalue weighted by Gasteiger charge is -2.22. The molecule has 0 aliphatic carbocycles. The number of halogens is 1. The maximum Gasteiger partial charge on any atom is 0.301 e. The predicted molar refractivity (Wildman–Crippen MR) is 138 cm³/mol. The number of Topliss-reactive ketones (excluding diaryl/α,β-unsaturated/α-hetero) is 1. The molecule has 0 spiro atoms. The van der Waals surface area contributed by atoms with Gasteiger partial charge in [0.25, 0.3) is 5.78 Å². The minimum Gasteiger partial charge on any atom is -0.507 e. The molecule has 8 heteroatoms. The Kier molecular flexibility index (Phi) is 5.71. The van der Waals surface area contributed by atoms with Gasteiger partial charge in [0.05, 0.1) is 21.8 Å². The van der Waals surface area contributed by atoms with Crippen LogP contribution in [0, 0.1) is 12.7 Å². The van der Waals surface area contributed by atoms with E-state index < -0.39 is 23.5 Å². The SMILES string of the molecule is Cc1cc(/C(O)=C2\C(=O)C(=O)N(c3nc4ccc(C(C)(C)C)cc4s3)C2c2cccnc2)ccc1F. The Hall–Kier alpha value is -3.91. The zero-order valence-corrected chi connectivity index (χ0v) is 21.1. The summed E-state index contributed by atoms with van der Waals surface area (Å²) in [6, 6.07) is 12.5. The molecule has 2 aromatic heterocycles. The summed E-state index contributed by atoms with van der Waals surface area (Å²) in [4.78, 5) is 36.8. The first-order chi connectivity index (χ1) is 17.1. The summed E-state index contributed by atoms with van der Waals surface area (Å²) in [5, 5.41) is 11.6. The van der Waals surface area contributed by atoms with Crippen molar-refractivity contribution in [3.05, 3.63) is 94.6 Å². The monoisotopic (exact) mass is 501 g/mol. The minimum absolute atomic E-state index is 0.0645. The highest BCUT2D eigenvalue weighted by molar-refractivity contribution is 7.22. The van der Waals surface area contributed by atoms with Gasteiger partial charge in [-0.2, -0.15) is 0 Å². The van der Waals surface area contributed by atoms with E-state index in [1.54, 1.807) is 31.5 Å². The zero-order valence-electron chi connectivity index (χ0n) is 20.2. The summed E-state index contributed by atoms with van der Waals surface area (Å²) in [5.41, 5.74) is 2.80. The van der Waals surface area contributed by atoms with E-state index in [2.05, 4.69) is 30.7 Å². The number of pyridine rings is 1. The number of ketones is 1. The summed E-state index contributed by atoms with van der Waals surface area (Å²) in [5.74, 6) is -2.43. The van der Waals surface area contributed by atoms with Gasteiger partial charge in [0, 0.05) is 18.0 Å². The molecule has 1 aliphatic rings. The van der Waals surface area contributed by atoms with Crippen LogP contribution in [-0.4, -0.2) is 26.8 Å². The second-order valence-electron chi connectivity index (χ2n) is 9.85. The van der Waals surface area contributed by atoms with E-state index >= 15 is 0 Å². The molecule has 1 unspecified atom stereocenters. The van der Waals surface area contributed by atoms with Gasteiger partial charge in [-0.15, -0.1) is 0 Å². The van der Waals surface area contributed by atoms with Gasteiger partial charge in [-0.05, 0) is 65.4 Å². The number of hydrogen-bond donors (Lipinski definition) is 1. The summed E-state index contributed by atoms with van der Waals surface area (Å²) in [7, 11) is 0. The molecular weight excluding hydrogens is 477 g/mol. The first-order valence-corrected chi connectivity index (χ1v) is 12.3. The number of carbonyl (C=O) groups is 2. The van der Waals surface area contributed by atoms with Crippen molar-refractivity contribution in [3.63, 3.8) is 0 Å². The quantitative estimate of drug-likeness (QED) is 0.210. The Morgan fingerprint density at radius 2 is 1.89 bits per heavy atom. The van der Waals surface area contributed by atoms with Crippen LogP contribution < -0.4 is 4.90 Å². The Morgan fingerprint density at radius 1 is 1.11 bits per heavy atom. The molecule has 36 heavy (non-hydrogen) atoms. The lowest BCUT2D eigenvalue weighted by Crippen LogP contribution is -2.29. The fraction of sp³-hybridized carbons (Fsp3) is 0.214. The van der Waals surface area contributed by atoms with E-state index in [-0.39, 0.29) is 22.3 Å². The summed E-state index contributed by atoms with van der Waals surface area (Å²) in [6.07, 6.45) is 3.14. The van der Waals surface area contributed by atoms with Gasteiger partial charge in [-0.25, -0.2) is 9.37 Å². The van der Waals surface area contributed by atoms with Crippen LogP contribution in [0.25, 0.3) is 16.0 Å². The molecule has 1 saturated heterocycles. The topological polar surface area (TPSA) is 83.4 Å². The number of thiazole rings is 1. The van der Waals surface area contributed by atoms with Crippen LogP contribution in [-0.2, 0) is 15.0 Å². The molecule has 1 amide bonds. The lowest BCUT2D eigenvalue weighted by atomic mass is 9.87. The van der Waals surface area contributed by atoms with Crippen LogP contribution in [0.15, 0.2) is 66.5 Å². The fourth-order valence-electron chi connectivity index (χ4n) is 4.31. The van der Waals surface area contributed by atoms with E-state index in [4.69, 9.17) is 0 Å². The van der Waals surface area contributed by atoms with Crippen LogP contribution in [0.2, 0.25) is 0 Å². The third kappa shape index (κ3) is 3.97.